The van der Waals surface area contributed by atoms with Gasteiger partial charge in [-0.15, -0.1) is 0 Å². The normalized spacial score (nSPS) is 14.7. The Morgan fingerprint density at radius 3 is 2.46 bits per heavy atom. The van der Waals surface area contributed by atoms with Gasteiger partial charge in [0.15, 0.2) is 11.5 Å². The number of halogens is 1. The van der Waals surface area contributed by atoms with Gasteiger partial charge in [-0.05, 0) is 48.0 Å². The summed E-state index contributed by atoms with van der Waals surface area (Å²) in [5.41, 5.74) is 1.92. The van der Waals surface area contributed by atoms with Crippen LogP contribution in [0.2, 0.25) is 5.02 Å². The molecule has 26 heavy (non-hydrogen) atoms. The molecule has 0 aromatic heterocycles. The maximum absolute atomic E-state index is 12.4. The Bertz CT molecular complexity index is 797. The molecule has 1 N–H and O–H groups in total. The van der Waals surface area contributed by atoms with Crippen LogP contribution in [0.1, 0.15) is 5.56 Å². The molecule has 1 saturated heterocycles. The highest BCUT2D eigenvalue weighted by Gasteiger charge is 2.19. The van der Waals surface area contributed by atoms with Gasteiger partial charge in [0, 0.05) is 43.0 Å². The van der Waals surface area contributed by atoms with Gasteiger partial charge in [-0.3, -0.25) is 4.79 Å². The van der Waals surface area contributed by atoms with Crippen LogP contribution in [-0.2, 0) is 4.79 Å². The van der Waals surface area contributed by atoms with Crippen molar-refractivity contribution >= 4 is 29.3 Å². The summed E-state index contributed by atoms with van der Waals surface area (Å²) in [6, 6.07) is 12.7. The highest BCUT2D eigenvalue weighted by molar-refractivity contribution is 6.30. The number of amides is 1. The van der Waals surface area contributed by atoms with E-state index >= 15 is 0 Å². The number of phenolic OH excluding ortho intramolecular Hbond substituents is 1. The van der Waals surface area contributed by atoms with Crippen LogP contribution in [0.15, 0.2) is 48.5 Å². The smallest absolute Gasteiger partial charge is 0.246 e. The number of hydrogen-bond donors (Lipinski definition) is 1. The molecule has 1 amide bonds. The minimum atomic E-state index is -0.0206. The van der Waals surface area contributed by atoms with Gasteiger partial charge in [-0.25, -0.2) is 0 Å². The first-order valence-corrected chi connectivity index (χ1v) is 8.79. The summed E-state index contributed by atoms with van der Waals surface area (Å²) >= 11 is 5.93. The maximum Gasteiger partial charge on any atom is 0.246 e. The van der Waals surface area contributed by atoms with Crippen molar-refractivity contribution in [2.75, 3.05) is 38.2 Å². The lowest BCUT2D eigenvalue weighted by molar-refractivity contribution is -0.126. The number of nitrogens with zero attached hydrogens (tertiary/aromatic N) is 2. The molecule has 6 heteroatoms. The van der Waals surface area contributed by atoms with Gasteiger partial charge in [-0.2, -0.15) is 0 Å². The number of methoxy groups -OCH3 is 1. The van der Waals surface area contributed by atoms with Crippen molar-refractivity contribution in [3.8, 4) is 11.5 Å². The number of ether oxygens (including phenoxy) is 1. The van der Waals surface area contributed by atoms with Crippen molar-refractivity contribution in [3.63, 3.8) is 0 Å². The molecular weight excluding hydrogens is 352 g/mol. The van der Waals surface area contributed by atoms with E-state index in [0.29, 0.717) is 18.8 Å². The van der Waals surface area contributed by atoms with Gasteiger partial charge >= 0.3 is 0 Å². The molecule has 136 valence electrons. The van der Waals surface area contributed by atoms with Crippen LogP contribution in [0.5, 0.6) is 11.5 Å². The van der Waals surface area contributed by atoms with Crippen LogP contribution in [-0.4, -0.2) is 49.2 Å². The zero-order valence-corrected chi connectivity index (χ0v) is 15.3. The van der Waals surface area contributed by atoms with E-state index in [0.717, 1.165) is 29.4 Å². The first-order chi connectivity index (χ1) is 12.6. The Hall–Kier alpha value is -2.66. The summed E-state index contributed by atoms with van der Waals surface area (Å²) in [6.45, 7) is 2.91. The second kappa shape index (κ2) is 8.15. The SMILES string of the molecule is COc1cc(/C=C/C(=O)N2CCN(c3ccc(Cl)cc3)CC2)ccc1O. The van der Waals surface area contributed by atoms with E-state index in [1.54, 1.807) is 30.4 Å². The third-order valence-electron chi connectivity index (χ3n) is 4.41. The fraction of sp³-hybridized carbons (Fsp3) is 0.250. The molecule has 1 heterocycles. The number of carbonyl (C=O) groups is 1. The average molecular weight is 373 g/mol. The lowest BCUT2D eigenvalue weighted by Gasteiger charge is -2.35. The van der Waals surface area contributed by atoms with Crippen LogP contribution in [0.4, 0.5) is 5.69 Å². The zero-order valence-electron chi connectivity index (χ0n) is 14.6. The van der Waals surface area contributed by atoms with Crippen LogP contribution in [0.25, 0.3) is 6.08 Å². The van der Waals surface area contributed by atoms with Crippen molar-refractivity contribution in [2.45, 2.75) is 0 Å². The van der Waals surface area contributed by atoms with Crippen molar-refractivity contribution in [1.29, 1.82) is 0 Å². The fourth-order valence-corrected chi connectivity index (χ4v) is 3.03. The van der Waals surface area contributed by atoms with Crippen LogP contribution in [0.3, 0.4) is 0 Å². The number of benzene rings is 2. The average Bonchev–Trinajstić information content (AvgIpc) is 2.68. The largest absolute Gasteiger partial charge is 0.504 e. The van der Waals surface area contributed by atoms with Gasteiger partial charge in [0.05, 0.1) is 7.11 Å². The predicted molar refractivity (Wildman–Crippen MR) is 104 cm³/mol. The Labute approximate surface area is 158 Å². The van der Waals surface area contributed by atoms with Gasteiger partial charge in [0.1, 0.15) is 0 Å². The zero-order chi connectivity index (χ0) is 18.5. The quantitative estimate of drug-likeness (QED) is 0.835. The molecule has 3 rings (SSSR count). The summed E-state index contributed by atoms with van der Waals surface area (Å²) in [4.78, 5) is 16.5. The van der Waals surface area contributed by atoms with Crippen molar-refractivity contribution in [3.05, 3.63) is 59.1 Å². The number of carbonyl (C=O) groups excluding carboxylic acids is 1. The van der Waals surface area contributed by atoms with Gasteiger partial charge < -0.3 is 19.6 Å². The molecule has 0 radical (unpaired) electrons. The van der Waals surface area contributed by atoms with E-state index in [1.165, 1.54) is 7.11 Å². The summed E-state index contributed by atoms with van der Waals surface area (Å²) < 4.78 is 5.08. The van der Waals surface area contributed by atoms with E-state index in [1.807, 2.05) is 29.2 Å². The van der Waals surface area contributed by atoms with E-state index in [2.05, 4.69) is 4.90 Å². The third-order valence-corrected chi connectivity index (χ3v) is 4.66. The summed E-state index contributed by atoms with van der Waals surface area (Å²) in [5.74, 6) is 0.443. The maximum atomic E-state index is 12.4. The standard InChI is InChI=1S/C20H21ClN2O3/c1-26-19-14-15(2-8-18(19)24)3-9-20(25)23-12-10-22(11-13-23)17-6-4-16(21)5-7-17/h2-9,14,24H,10-13H2,1H3/b9-3+. The number of piperazine rings is 1. The second-order valence-corrected chi connectivity index (χ2v) is 6.49. The molecule has 0 saturated carbocycles. The third kappa shape index (κ3) is 4.29. The van der Waals surface area contributed by atoms with Crippen LogP contribution >= 0.6 is 11.6 Å². The van der Waals surface area contributed by atoms with Gasteiger partial charge in [-0.1, -0.05) is 17.7 Å². The molecule has 2 aromatic rings. The monoisotopic (exact) mass is 372 g/mol. The fourth-order valence-electron chi connectivity index (χ4n) is 2.91. The van der Waals surface area contributed by atoms with E-state index in [9.17, 15) is 9.90 Å². The Kier molecular flexibility index (Phi) is 5.68. The molecule has 0 atom stereocenters. The summed E-state index contributed by atoms with van der Waals surface area (Å²) in [7, 11) is 1.49. The molecule has 5 nitrogen and oxygen atoms in total. The molecule has 0 bridgehead atoms. The lowest BCUT2D eigenvalue weighted by atomic mass is 10.2. The predicted octanol–water partition coefficient (Wildman–Crippen LogP) is 3.42. The minimum absolute atomic E-state index is 0.0206. The molecule has 1 fully saturated rings. The first-order valence-electron chi connectivity index (χ1n) is 8.41. The molecule has 1 aliphatic rings. The molecule has 0 spiro atoms. The number of aromatic hydroxyl groups is 1. The summed E-state index contributed by atoms with van der Waals surface area (Å²) in [5, 5.41) is 10.3. The van der Waals surface area contributed by atoms with Gasteiger partial charge in [0.2, 0.25) is 5.91 Å². The second-order valence-electron chi connectivity index (χ2n) is 6.05. The lowest BCUT2D eigenvalue weighted by Crippen LogP contribution is -2.48. The molecule has 0 unspecified atom stereocenters. The Morgan fingerprint density at radius 1 is 1.12 bits per heavy atom. The number of phenols is 1. The highest BCUT2D eigenvalue weighted by atomic mass is 35.5. The number of hydrogen-bond acceptors (Lipinski definition) is 4. The van der Waals surface area contributed by atoms with Crippen molar-refractivity contribution in [1.82, 2.24) is 4.90 Å². The topological polar surface area (TPSA) is 53.0 Å². The Morgan fingerprint density at radius 2 is 1.81 bits per heavy atom. The van der Waals surface area contributed by atoms with Crippen LogP contribution < -0.4 is 9.64 Å². The number of rotatable bonds is 4. The number of anilines is 1. The van der Waals surface area contributed by atoms with Crippen molar-refractivity contribution < 1.29 is 14.6 Å². The summed E-state index contributed by atoms with van der Waals surface area (Å²) in [6.07, 6.45) is 3.29. The molecular formula is C20H21ClN2O3. The molecule has 1 aliphatic heterocycles. The van der Waals surface area contributed by atoms with E-state index < -0.39 is 0 Å². The van der Waals surface area contributed by atoms with E-state index in [4.69, 9.17) is 16.3 Å². The van der Waals surface area contributed by atoms with E-state index in [-0.39, 0.29) is 11.7 Å². The molecule has 0 aliphatic carbocycles. The van der Waals surface area contributed by atoms with Gasteiger partial charge in [0.25, 0.3) is 0 Å². The first kappa shape index (κ1) is 18.1. The Balaban J connectivity index is 1.57. The van der Waals surface area contributed by atoms with Crippen molar-refractivity contribution in [2.24, 2.45) is 0 Å². The highest BCUT2D eigenvalue weighted by Crippen LogP contribution is 2.26. The molecule has 2 aromatic carbocycles. The minimum Gasteiger partial charge on any atom is -0.504 e. The van der Waals surface area contributed by atoms with Crippen LogP contribution in [0, 0.1) is 0 Å².